The molecule has 9 heavy (non-hydrogen) atoms. The van der Waals surface area contributed by atoms with Crippen LogP contribution < -0.4 is 0 Å². The molecule has 0 amide bonds. The third kappa shape index (κ3) is 0.700. The monoisotopic (exact) mass is 127 g/mol. The number of hydrogen-bond acceptors (Lipinski definition) is 2. The normalized spacial score (nSPS) is 50.7. The highest BCUT2D eigenvalue weighted by atomic mass is 16.3. The van der Waals surface area contributed by atoms with Crippen molar-refractivity contribution in [2.45, 2.75) is 25.0 Å². The van der Waals surface area contributed by atoms with Crippen LogP contribution in [0.1, 0.15) is 12.8 Å². The highest BCUT2D eigenvalue weighted by Crippen LogP contribution is 2.36. The molecule has 1 unspecified atom stereocenters. The van der Waals surface area contributed by atoms with E-state index < -0.39 is 0 Å². The molecule has 52 valence electrons. The second-order valence-corrected chi connectivity index (χ2v) is 3.39. The standard InChI is InChI=1S/C7H13NO/c1-8-4-5-2-6(8)3-7(5)9/h5-7,9H,2-4H2,1H3/t5-,6?,7+/m1/s1. The van der Waals surface area contributed by atoms with Gasteiger partial charge in [0.25, 0.3) is 0 Å². The van der Waals surface area contributed by atoms with E-state index in [0.717, 1.165) is 13.0 Å². The molecular weight excluding hydrogens is 114 g/mol. The first-order chi connectivity index (χ1) is 4.27. The maximum Gasteiger partial charge on any atom is 0.0596 e. The summed E-state index contributed by atoms with van der Waals surface area (Å²) in [5, 5.41) is 9.31. The van der Waals surface area contributed by atoms with E-state index in [4.69, 9.17) is 0 Å². The van der Waals surface area contributed by atoms with Gasteiger partial charge in [-0.25, -0.2) is 0 Å². The lowest BCUT2D eigenvalue weighted by Gasteiger charge is -2.24. The van der Waals surface area contributed by atoms with E-state index >= 15 is 0 Å². The molecule has 2 aliphatic rings. The van der Waals surface area contributed by atoms with Gasteiger partial charge < -0.3 is 10.0 Å². The van der Waals surface area contributed by atoms with Crippen molar-refractivity contribution in [1.82, 2.24) is 4.90 Å². The molecule has 0 spiro atoms. The summed E-state index contributed by atoms with van der Waals surface area (Å²) < 4.78 is 0. The number of aliphatic hydroxyl groups excluding tert-OH is 1. The van der Waals surface area contributed by atoms with Crippen LogP contribution >= 0.6 is 0 Å². The summed E-state index contributed by atoms with van der Waals surface area (Å²) in [5.74, 6) is 0.597. The number of rotatable bonds is 0. The lowest BCUT2D eigenvalue weighted by Crippen LogP contribution is -2.34. The van der Waals surface area contributed by atoms with Gasteiger partial charge in [-0.05, 0) is 25.8 Å². The molecule has 3 atom stereocenters. The Bertz CT molecular complexity index is 108. The molecule has 1 aliphatic heterocycles. The molecule has 2 heteroatoms. The minimum absolute atomic E-state index is 0.0196. The van der Waals surface area contributed by atoms with Gasteiger partial charge in [0, 0.05) is 12.6 Å². The summed E-state index contributed by atoms with van der Waals surface area (Å²) in [6, 6.07) is 0.699. The largest absolute Gasteiger partial charge is 0.393 e. The molecule has 0 radical (unpaired) electrons. The molecule has 2 bridgehead atoms. The van der Waals surface area contributed by atoms with Crippen LogP contribution in [0.15, 0.2) is 0 Å². The van der Waals surface area contributed by atoms with E-state index in [0.29, 0.717) is 12.0 Å². The number of piperidine rings is 1. The van der Waals surface area contributed by atoms with Crippen LogP contribution in [0.5, 0.6) is 0 Å². The van der Waals surface area contributed by atoms with Crippen LogP contribution in [0.4, 0.5) is 0 Å². The lowest BCUT2D eigenvalue weighted by atomic mass is 10.1. The molecule has 2 fully saturated rings. The molecule has 1 N–H and O–H groups in total. The molecule has 1 saturated heterocycles. The van der Waals surface area contributed by atoms with E-state index in [1.54, 1.807) is 0 Å². The molecule has 1 aliphatic carbocycles. The number of fused-ring (bicyclic) bond motifs is 2. The first-order valence-corrected chi connectivity index (χ1v) is 3.65. The van der Waals surface area contributed by atoms with E-state index in [2.05, 4.69) is 11.9 Å². The zero-order chi connectivity index (χ0) is 6.43. The van der Waals surface area contributed by atoms with Gasteiger partial charge in [-0.2, -0.15) is 0 Å². The first kappa shape index (κ1) is 5.69. The maximum absolute atomic E-state index is 9.31. The average molecular weight is 127 g/mol. The second-order valence-electron chi connectivity index (χ2n) is 3.39. The Balaban J connectivity index is 2.10. The van der Waals surface area contributed by atoms with Gasteiger partial charge in [-0.1, -0.05) is 0 Å². The SMILES string of the molecule is CN1C[C@H]2CC1C[C@@H]2O. The molecule has 2 nitrogen and oxygen atoms in total. The smallest absolute Gasteiger partial charge is 0.0596 e. The first-order valence-electron chi connectivity index (χ1n) is 3.65. The van der Waals surface area contributed by atoms with Crippen molar-refractivity contribution in [3.05, 3.63) is 0 Å². The molecular formula is C7H13NO. The fourth-order valence-corrected chi connectivity index (χ4v) is 2.15. The molecule has 0 aromatic heterocycles. The van der Waals surface area contributed by atoms with Crippen molar-refractivity contribution in [3.8, 4) is 0 Å². The van der Waals surface area contributed by atoms with Gasteiger partial charge in [0.15, 0.2) is 0 Å². The van der Waals surface area contributed by atoms with E-state index in [1.807, 2.05) is 0 Å². The average Bonchev–Trinajstić information content (AvgIpc) is 2.24. The van der Waals surface area contributed by atoms with Crippen molar-refractivity contribution < 1.29 is 5.11 Å². The Labute approximate surface area is 55.5 Å². The predicted molar refractivity (Wildman–Crippen MR) is 35.1 cm³/mol. The van der Waals surface area contributed by atoms with Crippen molar-refractivity contribution in [2.75, 3.05) is 13.6 Å². The lowest BCUT2D eigenvalue weighted by molar-refractivity contribution is 0.0848. The van der Waals surface area contributed by atoms with E-state index in [9.17, 15) is 5.11 Å². The fraction of sp³-hybridized carbons (Fsp3) is 1.00. The van der Waals surface area contributed by atoms with Crippen LogP contribution in [-0.4, -0.2) is 35.7 Å². The molecule has 2 rings (SSSR count). The number of likely N-dealkylation sites (tertiary alicyclic amines) is 1. The number of aliphatic hydroxyl groups is 1. The summed E-state index contributed by atoms with van der Waals surface area (Å²) in [7, 11) is 2.15. The third-order valence-electron chi connectivity index (χ3n) is 2.78. The van der Waals surface area contributed by atoms with Crippen LogP contribution in [0.25, 0.3) is 0 Å². The number of hydrogen-bond donors (Lipinski definition) is 1. The zero-order valence-corrected chi connectivity index (χ0v) is 5.75. The Morgan fingerprint density at radius 3 is 2.56 bits per heavy atom. The topological polar surface area (TPSA) is 23.5 Å². The van der Waals surface area contributed by atoms with Crippen LogP contribution in [0.2, 0.25) is 0 Å². The quantitative estimate of drug-likeness (QED) is 0.498. The summed E-state index contributed by atoms with van der Waals surface area (Å²) in [5.41, 5.74) is 0. The summed E-state index contributed by atoms with van der Waals surface area (Å²) in [4.78, 5) is 2.36. The fourth-order valence-electron chi connectivity index (χ4n) is 2.15. The van der Waals surface area contributed by atoms with Gasteiger partial charge in [0.2, 0.25) is 0 Å². The minimum Gasteiger partial charge on any atom is -0.393 e. The van der Waals surface area contributed by atoms with Gasteiger partial charge in [-0.15, -0.1) is 0 Å². The molecule has 1 heterocycles. The third-order valence-corrected chi connectivity index (χ3v) is 2.78. The highest BCUT2D eigenvalue weighted by Gasteiger charge is 2.41. The van der Waals surface area contributed by atoms with Gasteiger partial charge in [0.05, 0.1) is 6.10 Å². The Kier molecular flexibility index (Phi) is 1.08. The maximum atomic E-state index is 9.31. The molecule has 0 aromatic rings. The van der Waals surface area contributed by atoms with Crippen molar-refractivity contribution in [1.29, 1.82) is 0 Å². The Hall–Kier alpha value is -0.0800. The second kappa shape index (κ2) is 1.70. The van der Waals surface area contributed by atoms with Crippen molar-refractivity contribution in [3.63, 3.8) is 0 Å². The van der Waals surface area contributed by atoms with Crippen molar-refractivity contribution in [2.24, 2.45) is 5.92 Å². The van der Waals surface area contributed by atoms with E-state index in [-0.39, 0.29) is 6.10 Å². The van der Waals surface area contributed by atoms with Crippen LogP contribution in [0, 0.1) is 5.92 Å². The summed E-state index contributed by atoms with van der Waals surface area (Å²) in [6.45, 7) is 1.12. The van der Waals surface area contributed by atoms with E-state index in [1.165, 1.54) is 6.42 Å². The summed E-state index contributed by atoms with van der Waals surface area (Å²) in [6.07, 6.45) is 2.27. The number of nitrogens with zero attached hydrogens (tertiary/aromatic N) is 1. The Morgan fingerprint density at radius 1 is 1.44 bits per heavy atom. The molecule has 0 aromatic carbocycles. The van der Waals surface area contributed by atoms with Gasteiger partial charge in [-0.3, -0.25) is 0 Å². The predicted octanol–water partition coefficient (Wildman–Crippen LogP) is 0.0713. The molecule has 1 saturated carbocycles. The van der Waals surface area contributed by atoms with Crippen LogP contribution in [-0.2, 0) is 0 Å². The van der Waals surface area contributed by atoms with Crippen LogP contribution in [0.3, 0.4) is 0 Å². The minimum atomic E-state index is 0.0196. The summed E-state index contributed by atoms with van der Waals surface area (Å²) >= 11 is 0. The van der Waals surface area contributed by atoms with Gasteiger partial charge in [0.1, 0.15) is 0 Å². The zero-order valence-electron chi connectivity index (χ0n) is 5.75. The van der Waals surface area contributed by atoms with Crippen molar-refractivity contribution >= 4 is 0 Å². The Morgan fingerprint density at radius 2 is 2.22 bits per heavy atom. The van der Waals surface area contributed by atoms with Gasteiger partial charge >= 0.3 is 0 Å². The highest BCUT2D eigenvalue weighted by molar-refractivity contribution is 4.95.